The lowest BCUT2D eigenvalue weighted by Gasteiger charge is -2.19. The van der Waals surface area contributed by atoms with Gasteiger partial charge >= 0.3 is 0 Å². The molecule has 1 N–H and O–H groups in total. The highest BCUT2D eigenvalue weighted by Crippen LogP contribution is 2.38. The average Bonchev–Trinajstić information content (AvgIpc) is 3.27. The molecule has 0 bridgehead atoms. The van der Waals surface area contributed by atoms with Crippen LogP contribution in [0.15, 0.2) is 29.3 Å². The maximum absolute atomic E-state index is 12.6. The second-order valence-corrected chi connectivity index (χ2v) is 7.41. The average molecular weight is 341 g/mol. The van der Waals surface area contributed by atoms with Gasteiger partial charge in [-0.25, -0.2) is 0 Å². The molecule has 0 amide bonds. The number of rotatable bonds is 3. The Bertz CT molecular complexity index is 831. The molecule has 2 aliphatic rings. The van der Waals surface area contributed by atoms with Crippen LogP contribution >= 0.6 is 11.3 Å². The van der Waals surface area contributed by atoms with Gasteiger partial charge in [-0.3, -0.25) is 4.79 Å². The largest absolute Gasteiger partial charge is 0.872 e. The highest BCUT2D eigenvalue weighted by atomic mass is 32.1. The number of fused-ring (bicyclic) bond motifs is 1. The molecule has 5 heteroatoms. The van der Waals surface area contributed by atoms with Crippen LogP contribution in [0.5, 0.6) is 11.5 Å². The first-order valence-electron chi connectivity index (χ1n) is 8.28. The van der Waals surface area contributed by atoms with E-state index in [4.69, 9.17) is 4.74 Å². The number of ketones is 1. The standard InChI is InChI=1S/C19H19NO3S/c1-12-6-9-24-17(12)10-16-18(22)13-4-5-15(21)14(19(13)23-16)11-20-7-2-3-8-20/h4-6,9-10,21H,2-3,7-8,11H2,1H3/b16-10-. The van der Waals surface area contributed by atoms with Gasteiger partial charge in [0.05, 0.1) is 18.7 Å². The SMILES string of the molecule is Cc1ccsc1/C=C1\Oc2c(ccc([O-])c2C[NH+]2CCCC2)C1=O. The Morgan fingerprint density at radius 2 is 2.08 bits per heavy atom. The van der Waals surface area contributed by atoms with Crippen molar-refractivity contribution in [3.05, 3.63) is 50.9 Å². The van der Waals surface area contributed by atoms with E-state index in [2.05, 4.69) is 0 Å². The lowest BCUT2D eigenvalue weighted by Crippen LogP contribution is -3.08. The molecule has 0 saturated carbocycles. The van der Waals surface area contributed by atoms with Crippen LogP contribution < -0.4 is 14.7 Å². The Labute approximate surface area is 145 Å². The molecule has 24 heavy (non-hydrogen) atoms. The van der Waals surface area contributed by atoms with Crippen LogP contribution in [-0.4, -0.2) is 18.9 Å². The number of hydrogen-bond donors (Lipinski definition) is 1. The van der Waals surface area contributed by atoms with Gasteiger partial charge < -0.3 is 14.7 Å². The summed E-state index contributed by atoms with van der Waals surface area (Å²) in [5, 5.41) is 14.3. The molecular weight excluding hydrogens is 322 g/mol. The zero-order chi connectivity index (χ0) is 16.7. The van der Waals surface area contributed by atoms with Crippen LogP contribution in [0.1, 0.15) is 39.2 Å². The number of carbonyl (C=O) groups excluding carboxylic acids is 1. The van der Waals surface area contributed by atoms with Gasteiger partial charge in [-0.15, -0.1) is 11.3 Å². The first-order chi connectivity index (χ1) is 11.6. The predicted octanol–water partition coefficient (Wildman–Crippen LogP) is 1.93. The van der Waals surface area contributed by atoms with Crippen molar-refractivity contribution in [1.82, 2.24) is 0 Å². The van der Waals surface area contributed by atoms with Crippen LogP contribution in [-0.2, 0) is 6.54 Å². The first-order valence-corrected chi connectivity index (χ1v) is 9.16. The summed E-state index contributed by atoms with van der Waals surface area (Å²) in [5.74, 6) is 0.635. The fourth-order valence-electron chi connectivity index (χ4n) is 3.41. The van der Waals surface area contributed by atoms with Gasteiger partial charge in [0, 0.05) is 29.4 Å². The van der Waals surface area contributed by atoms with E-state index in [1.54, 1.807) is 23.5 Å². The van der Waals surface area contributed by atoms with Gasteiger partial charge in [0.1, 0.15) is 12.3 Å². The van der Waals surface area contributed by atoms with Crippen molar-refractivity contribution >= 4 is 23.2 Å². The summed E-state index contributed by atoms with van der Waals surface area (Å²) in [4.78, 5) is 15.0. The molecule has 2 aromatic rings. The summed E-state index contributed by atoms with van der Waals surface area (Å²) in [6, 6.07) is 5.12. The van der Waals surface area contributed by atoms with Gasteiger partial charge in [-0.1, -0.05) is 11.8 Å². The number of Topliss-reactive ketones (excluding diaryl/α,β-unsaturated/α-hetero) is 1. The van der Waals surface area contributed by atoms with Crippen molar-refractivity contribution in [1.29, 1.82) is 0 Å². The lowest BCUT2D eigenvalue weighted by molar-refractivity contribution is -0.901. The van der Waals surface area contributed by atoms with Crippen LogP contribution in [0, 0.1) is 6.92 Å². The minimum absolute atomic E-state index is 0.0329. The Balaban J connectivity index is 1.70. The van der Waals surface area contributed by atoms with Gasteiger partial charge in [0.2, 0.25) is 5.78 Å². The van der Waals surface area contributed by atoms with Gasteiger partial charge in [-0.05, 0) is 30.0 Å². The number of aryl methyl sites for hydroxylation is 1. The number of likely N-dealkylation sites (tertiary alicyclic amines) is 1. The van der Waals surface area contributed by atoms with Crippen molar-refractivity contribution in [2.75, 3.05) is 13.1 Å². The third kappa shape index (κ3) is 2.64. The zero-order valence-electron chi connectivity index (χ0n) is 13.6. The third-order valence-electron chi connectivity index (χ3n) is 4.80. The van der Waals surface area contributed by atoms with Crippen LogP contribution in [0.25, 0.3) is 6.08 Å². The molecule has 4 nitrogen and oxygen atoms in total. The molecule has 1 saturated heterocycles. The number of thiophene rings is 1. The van der Waals surface area contributed by atoms with Crippen molar-refractivity contribution in [3.8, 4) is 11.5 Å². The topological polar surface area (TPSA) is 53.8 Å². The molecule has 3 heterocycles. The summed E-state index contributed by atoms with van der Waals surface area (Å²) in [5.41, 5.74) is 2.28. The molecule has 1 aromatic carbocycles. The van der Waals surface area contributed by atoms with Crippen LogP contribution in [0.3, 0.4) is 0 Å². The van der Waals surface area contributed by atoms with E-state index in [1.165, 1.54) is 23.8 Å². The smallest absolute Gasteiger partial charge is 0.232 e. The molecule has 0 atom stereocenters. The fourth-order valence-corrected chi connectivity index (χ4v) is 4.26. The van der Waals surface area contributed by atoms with Gasteiger partial charge in [0.15, 0.2) is 5.76 Å². The summed E-state index contributed by atoms with van der Waals surface area (Å²) < 4.78 is 5.87. The van der Waals surface area contributed by atoms with E-state index in [0.29, 0.717) is 29.2 Å². The number of allylic oxidation sites excluding steroid dienone is 1. The normalized spacial score (nSPS) is 19.0. The second-order valence-electron chi connectivity index (χ2n) is 6.46. The number of benzene rings is 1. The number of nitrogens with one attached hydrogen (secondary N) is 1. The maximum Gasteiger partial charge on any atom is 0.232 e. The molecule has 0 aliphatic carbocycles. The van der Waals surface area contributed by atoms with E-state index in [9.17, 15) is 9.90 Å². The maximum atomic E-state index is 12.6. The highest BCUT2D eigenvalue weighted by molar-refractivity contribution is 7.11. The number of hydrogen-bond acceptors (Lipinski definition) is 4. The third-order valence-corrected chi connectivity index (χ3v) is 5.77. The molecule has 0 radical (unpaired) electrons. The number of quaternary nitrogens is 1. The molecule has 1 aromatic heterocycles. The van der Waals surface area contributed by atoms with Crippen LogP contribution in [0.4, 0.5) is 0 Å². The molecule has 4 rings (SSSR count). The zero-order valence-corrected chi connectivity index (χ0v) is 14.4. The van der Waals surface area contributed by atoms with E-state index in [-0.39, 0.29) is 11.5 Å². The summed E-state index contributed by atoms with van der Waals surface area (Å²) in [6.07, 6.45) is 4.18. The fraction of sp³-hybridized carbons (Fsp3) is 0.316. The molecular formula is C19H19NO3S. The Morgan fingerprint density at radius 3 is 2.79 bits per heavy atom. The summed E-state index contributed by atoms with van der Waals surface area (Å²) >= 11 is 1.58. The summed E-state index contributed by atoms with van der Waals surface area (Å²) in [7, 11) is 0. The van der Waals surface area contributed by atoms with E-state index < -0.39 is 0 Å². The van der Waals surface area contributed by atoms with Crippen molar-refractivity contribution in [2.45, 2.75) is 26.3 Å². The van der Waals surface area contributed by atoms with Crippen molar-refractivity contribution in [2.24, 2.45) is 0 Å². The molecule has 1 fully saturated rings. The predicted molar refractivity (Wildman–Crippen MR) is 91.5 cm³/mol. The lowest BCUT2D eigenvalue weighted by atomic mass is 10.0. The molecule has 124 valence electrons. The first kappa shape index (κ1) is 15.4. The number of carbonyl (C=O) groups is 1. The van der Waals surface area contributed by atoms with Crippen molar-refractivity contribution < 1.29 is 19.5 Å². The van der Waals surface area contributed by atoms with Gasteiger partial charge in [-0.2, -0.15) is 0 Å². The van der Waals surface area contributed by atoms with E-state index in [1.807, 2.05) is 18.4 Å². The van der Waals surface area contributed by atoms with Crippen molar-refractivity contribution in [3.63, 3.8) is 0 Å². The quantitative estimate of drug-likeness (QED) is 0.868. The highest BCUT2D eigenvalue weighted by Gasteiger charge is 2.31. The Kier molecular flexibility index (Phi) is 3.90. The van der Waals surface area contributed by atoms with Crippen LogP contribution in [0.2, 0.25) is 0 Å². The molecule has 0 spiro atoms. The minimum atomic E-state index is -0.129. The van der Waals surface area contributed by atoms with E-state index >= 15 is 0 Å². The Morgan fingerprint density at radius 1 is 1.29 bits per heavy atom. The molecule has 2 aliphatic heterocycles. The monoisotopic (exact) mass is 341 g/mol. The Hall–Kier alpha value is -2.11. The molecule has 0 unspecified atom stereocenters. The second kappa shape index (κ2) is 6.07. The minimum Gasteiger partial charge on any atom is -0.872 e. The summed E-state index contributed by atoms with van der Waals surface area (Å²) in [6.45, 7) is 4.80. The van der Waals surface area contributed by atoms with Gasteiger partial charge in [0.25, 0.3) is 0 Å². The van der Waals surface area contributed by atoms with E-state index in [0.717, 1.165) is 23.5 Å². The number of ether oxygens (including phenoxy) is 1.